The smallest absolute Gasteiger partial charge is 0.0980 e. The van der Waals surface area contributed by atoms with E-state index in [1.807, 2.05) is 19.4 Å². The molecular formula is C8H14ClN3O. The quantitative estimate of drug-likeness (QED) is 0.723. The van der Waals surface area contributed by atoms with Gasteiger partial charge in [0, 0.05) is 31.9 Å². The SMILES string of the molecule is Cl.Cn1cc([C@H]2CNCCO2)cn1. The van der Waals surface area contributed by atoms with Gasteiger partial charge >= 0.3 is 0 Å². The van der Waals surface area contributed by atoms with Crippen LogP contribution in [-0.2, 0) is 11.8 Å². The summed E-state index contributed by atoms with van der Waals surface area (Å²) >= 11 is 0. The number of hydrogen-bond acceptors (Lipinski definition) is 3. The Morgan fingerprint density at radius 1 is 1.69 bits per heavy atom. The second-order valence-corrected chi connectivity index (χ2v) is 3.01. The minimum atomic E-state index is 0. The fourth-order valence-corrected chi connectivity index (χ4v) is 1.39. The van der Waals surface area contributed by atoms with Crippen molar-refractivity contribution in [3.05, 3.63) is 18.0 Å². The third kappa shape index (κ3) is 2.43. The molecule has 0 amide bonds. The third-order valence-electron chi connectivity index (χ3n) is 2.02. The molecule has 0 bridgehead atoms. The molecule has 0 unspecified atom stereocenters. The van der Waals surface area contributed by atoms with Crippen molar-refractivity contribution in [1.29, 1.82) is 0 Å². The largest absolute Gasteiger partial charge is 0.371 e. The fraction of sp³-hybridized carbons (Fsp3) is 0.625. The van der Waals surface area contributed by atoms with Crippen LogP contribution in [0.5, 0.6) is 0 Å². The maximum atomic E-state index is 5.56. The molecule has 5 heteroatoms. The molecule has 1 aromatic rings. The zero-order chi connectivity index (χ0) is 8.39. The highest BCUT2D eigenvalue weighted by atomic mass is 35.5. The summed E-state index contributed by atoms with van der Waals surface area (Å²) in [6, 6.07) is 0. The van der Waals surface area contributed by atoms with Crippen LogP contribution in [0.1, 0.15) is 11.7 Å². The van der Waals surface area contributed by atoms with Crippen LogP contribution in [0, 0.1) is 0 Å². The van der Waals surface area contributed by atoms with Gasteiger partial charge in [-0.05, 0) is 0 Å². The van der Waals surface area contributed by atoms with Gasteiger partial charge < -0.3 is 10.1 Å². The Morgan fingerprint density at radius 2 is 2.54 bits per heavy atom. The number of nitrogens with zero attached hydrogens (tertiary/aromatic N) is 2. The van der Waals surface area contributed by atoms with Crippen LogP contribution < -0.4 is 5.32 Å². The molecule has 0 aromatic carbocycles. The third-order valence-corrected chi connectivity index (χ3v) is 2.02. The van der Waals surface area contributed by atoms with E-state index in [0.717, 1.165) is 25.3 Å². The molecule has 1 saturated heterocycles. The Kier molecular flexibility index (Phi) is 3.71. The molecule has 1 aliphatic heterocycles. The van der Waals surface area contributed by atoms with Crippen molar-refractivity contribution < 1.29 is 4.74 Å². The number of ether oxygens (including phenoxy) is 1. The maximum absolute atomic E-state index is 5.56. The lowest BCUT2D eigenvalue weighted by Crippen LogP contribution is -2.33. The molecule has 13 heavy (non-hydrogen) atoms. The summed E-state index contributed by atoms with van der Waals surface area (Å²) in [6.07, 6.45) is 4.04. The Morgan fingerprint density at radius 3 is 3.08 bits per heavy atom. The average molecular weight is 204 g/mol. The van der Waals surface area contributed by atoms with Gasteiger partial charge in [-0.1, -0.05) is 0 Å². The van der Waals surface area contributed by atoms with Gasteiger partial charge in [-0.2, -0.15) is 5.10 Å². The Labute approximate surface area is 83.7 Å². The topological polar surface area (TPSA) is 39.1 Å². The van der Waals surface area contributed by atoms with Gasteiger partial charge in [0.2, 0.25) is 0 Å². The summed E-state index contributed by atoms with van der Waals surface area (Å²) in [6.45, 7) is 2.64. The van der Waals surface area contributed by atoms with E-state index >= 15 is 0 Å². The van der Waals surface area contributed by atoms with Gasteiger partial charge in [-0.15, -0.1) is 12.4 Å². The lowest BCUT2D eigenvalue weighted by atomic mass is 10.2. The van der Waals surface area contributed by atoms with Crippen LogP contribution in [0.15, 0.2) is 12.4 Å². The number of halogens is 1. The van der Waals surface area contributed by atoms with E-state index in [-0.39, 0.29) is 18.5 Å². The molecule has 0 saturated carbocycles. The van der Waals surface area contributed by atoms with Crippen LogP contribution in [0.3, 0.4) is 0 Å². The van der Waals surface area contributed by atoms with Crippen molar-refractivity contribution in [3.63, 3.8) is 0 Å². The molecule has 0 aliphatic carbocycles. The molecule has 2 rings (SSSR count). The summed E-state index contributed by atoms with van der Waals surface area (Å²) in [5, 5.41) is 7.38. The van der Waals surface area contributed by atoms with Crippen LogP contribution in [0.4, 0.5) is 0 Å². The first kappa shape index (κ1) is 10.5. The molecule has 1 N–H and O–H groups in total. The van der Waals surface area contributed by atoms with Gasteiger partial charge in [0.05, 0.1) is 18.9 Å². The molecule has 0 radical (unpaired) electrons. The van der Waals surface area contributed by atoms with E-state index in [0.29, 0.717) is 0 Å². The molecule has 1 fully saturated rings. The summed E-state index contributed by atoms with van der Waals surface area (Å²) in [7, 11) is 1.92. The number of aromatic nitrogens is 2. The normalized spacial score (nSPS) is 22.4. The van der Waals surface area contributed by atoms with E-state index in [2.05, 4.69) is 10.4 Å². The highest BCUT2D eigenvalue weighted by Crippen LogP contribution is 2.16. The maximum Gasteiger partial charge on any atom is 0.0980 e. The summed E-state index contributed by atoms with van der Waals surface area (Å²) in [5.41, 5.74) is 1.16. The van der Waals surface area contributed by atoms with Gasteiger partial charge in [0.25, 0.3) is 0 Å². The molecule has 1 aromatic heterocycles. The minimum absolute atomic E-state index is 0. The summed E-state index contributed by atoms with van der Waals surface area (Å²) in [4.78, 5) is 0. The lowest BCUT2D eigenvalue weighted by Gasteiger charge is -2.22. The van der Waals surface area contributed by atoms with Gasteiger partial charge in [-0.3, -0.25) is 4.68 Å². The second kappa shape index (κ2) is 4.60. The second-order valence-electron chi connectivity index (χ2n) is 3.01. The molecule has 0 spiro atoms. The number of aryl methyl sites for hydroxylation is 1. The molecule has 2 heterocycles. The number of hydrogen-bond donors (Lipinski definition) is 1. The lowest BCUT2D eigenvalue weighted by molar-refractivity contribution is 0.0276. The van der Waals surface area contributed by atoms with Crippen LogP contribution in [0.25, 0.3) is 0 Å². The monoisotopic (exact) mass is 203 g/mol. The van der Waals surface area contributed by atoms with Crippen molar-refractivity contribution in [2.24, 2.45) is 7.05 Å². The van der Waals surface area contributed by atoms with Crippen LogP contribution in [-0.4, -0.2) is 29.5 Å². The van der Waals surface area contributed by atoms with E-state index in [4.69, 9.17) is 4.74 Å². The van der Waals surface area contributed by atoms with Crippen molar-refractivity contribution in [2.45, 2.75) is 6.10 Å². The van der Waals surface area contributed by atoms with E-state index in [1.165, 1.54) is 0 Å². The highest BCUT2D eigenvalue weighted by molar-refractivity contribution is 5.85. The van der Waals surface area contributed by atoms with Gasteiger partial charge in [-0.25, -0.2) is 0 Å². The van der Waals surface area contributed by atoms with Crippen molar-refractivity contribution in [1.82, 2.24) is 15.1 Å². The van der Waals surface area contributed by atoms with E-state index < -0.39 is 0 Å². The van der Waals surface area contributed by atoms with Crippen molar-refractivity contribution >= 4 is 12.4 Å². The molecule has 74 valence electrons. The van der Waals surface area contributed by atoms with E-state index in [9.17, 15) is 0 Å². The summed E-state index contributed by atoms with van der Waals surface area (Å²) < 4.78 is 7.36. The minimum Gasteiger partial charge on any atom is -0.371 e. The summed E-state index contributed by atoms with van der Waals surface area (Å²) in [5.74, 6) is 0. The molecule has 4 nitrogen and oxygen atoms in total. The van der Waals surface area contributed by atoms with Gasteiger partial charge in [0.1, 0.15) is 0 Å². The van der Waals surface area contributed by atoms with Crippen molar-refractivity contribution in [3.8, 4) is 0 Å². The van der Waals surface area contributed by atoms with E-state index in [1.54, 1.807) is 4.68 Å². The predicted octanol–water partition coefficient (Wildman–Crippen LogP) is 0.503. The van der Waals surface area contributed by atoms with Crippen LogP contribution >= 0.6 is 12.4 Å². The number of nitrogens with one attached hydrogen (secondary N) is 1. The molecule has 1 aliphatic rings. The molecular weight excluding hydrogens is 190 g/mol. The Hall–Kier alpha value is -0.580. The first-order chi connectivity index (χ1) is 5.86. The highest BCUT2D eigenvalue weighted by Gasteiger charge is 2.16. The average Bonchev–Trinajstić information content (AvgIpc) is 2.54. The zero-order valence-corrected chi connectivity index (χ0v) is 8.38. The number of rotatable bonds is 1. The first-order valence-electron chi connectivity index (χ1n) is 4.17. The Bertz CT molecular complexity index is 258. The molecule has 1 atom stereocenters. The fourth-order valence-electron chi connectivity index (χ4n) is 1.39. The zero-order valence-electron chi connectivity index (χ0n) is 7.56. The first-order valence-corrected chi connectivity index (χ1v) is 4.17. The number of morpholine rings is 1. The van der Waals surface area contributed by atoms with Crippen molar-refractivity contribution in [2.75, 3.05) is 19.7 Å². The predicted molar refractivity (Wildman–Crippen MR) is 52.0 cm³/mol. The Balaban J connectivity index is 0.000000845. The van der Waals surface area contributed by atoms with Gasteiger partial charge in [0.15, 0.2) is 0 Å². The van der Waals surface area contributed by atoms with Crippen LogP contribution in [0.2, 0.25) is 0 Å². The standard InChI is InChI=1S/C8H13N3O.ClH/c1-11-6-7(4-10-11)8-5-9-2-3-12-8;/h4,6,8-9H,2-3,5H2,1H3;1H/t8-;/m1./s1.